The van der Waals surface area contributed by atoms with Crippen LogP contribution in [0.5, 0.6) is 0 Å². The molecule has 2 aromatic rings. The van der Waals surface area contributed by atoms with Gasteiger partial charge in [-0.05, 0) is 42.3 Å². The van der Waals surface area contributed by atoms with Crippen LogP contribution in [0.15, 0.2) is 42.5 Å². The first-order valence-electron chi connectivity index (χ1n) is 7.91. The Labute approximate surface area is 142 Å². The van der Waals surface area contributed by atoms with Crippen LogP contribution >= 0.6 is 0 Å². The number of anilines is 2. The second-order valence-corrected chi connectivity index (χ2v) is 6.10. The van der Waals surface area contributed by atoms with E-state index in [-0.39, 0.29) is 17.7 Å². The van der Waals surface area contributed by atoms with Gasteiger partial charge in [-0.3, -0.25) is 9.59 Å². The summed E-state index contributed by atoms with van der Waals surface area (Å²) in [7, 11) is 0. The fourth-order valence-corrected chi connectivity index (χ4v) is 2.15. The van der Waals surface area contributed by atoms with Gasteiger partial charge in [-0.15, -0.1) is 0 Å². The van der Waals surface area contributed by atoms with Crippen LogP contribution in [-0.2, 0) is 11.3 Å². The SMILES string of the molecule is Cc1ccc(N)cc1C(=O)NCc1ccc(NC(=O)C(C)C)cc1. The van der Waals surface area contributed by atoms with Gasteiger partial charge in [-0.2, -0.15) is 0 Å². The minimum absolute atomic E-state index is 0.0202. The summed E-state index contributed by atoms with van der Waals surface area (Å²) in [6.07, 6.45) is 0. The first-order valence-corrected chi connectivity index (χ1v) is 7.91. The number of carbonyl (C=O) groups is 2. The molecule has 0 atom stereocenters. The third kappa shape index (κ3) is 4.59. The first kappa shape index (κ1) is 17.5. The van der Waals surface area contributed by atoms with Gasteiger partial charge in [0, 0.05) is 29.4 Å². The van der Waals surface area contributed by atoms with Gasteiger partial charge in [0.25, 0.3) is 5.91 Å². The summed E-state index contributed by atoms with van der Waals surface area (Å²) in [5.74, 6) is -0.240. The van der Waals surface area contributed by atoms with Gasteiger partial charge in [-0.25, -0.2) is 0 Å². The van der Waals surface area contributed by atoms with Crippen molar-refractivity contribution in [3.05, 3.63) is 59.2 Å². The van der Waals surface area contributed by atoms with E-state index in [9.17, 15) is 9.59 Å². The van der Waals surface area contributed by atoms with E-state index in [0.717, 1.165) is 16.8 Å². The third-order valence-corrected chi connectivity index (χ3v) is 3.71. The molecule has 0 radical (unpaired) electrons. The molecule has 0 saturated heterocycles. The first-order chi connectivity index (χ1) is 11.4. The molecule has 24 heavy (non-hydrogen) atoms. The highest BCUT2D eigenvalue weighted by Crippen LogP contribution is 2.14. The Bertz CT molecular complexity index is 737. The predicted molar refractivity (Wildman–Crippen MR) is 96.7 cm³/mol. The fourth-order valence-electron chi connectivity index (χ4n) is 2.15. The van der Waals surface area contributed by atoms with Gasteiger partial charge >= 0.3 is 0 Å². The average Bonchev–Trinajstić information content (AvgIpc) is 2.56. The van der Waals surface area contributed by atoms with Crippen molar-refractivity contribution in [3.8, 4) is 0 Å². The van der Waals surface area contributed by atoms with Crippen molar-refractivity contribution in [3.63, 3.8) is 0 Å². The summed E-state index contributed by atoms with van der Waals surface area (Å²) in [6, 6.07) is 12.7. The van der Waals surface area contributed by atoms with Crippen LogP contribution in [0.4, 0.5) is 11.4 Å². The number of hydrogen-bond acceptors (Lipinski definition) is 3. The van der Waals surface area contributed by atoms with Crippen LogP contribution in [0.2, 0.25) is 0 Å². The van der Waals surface area contributed by atoms with Gasteiger partial charge in [0.15, 0.2) is 0 Å². The number of nitrogens with two attached hydrogens (primary N) is 1. The monoisotopic (exact) mass is 325 g/mol. The second kappa shape index (κ2) is 7.64. The van der Waals surface area contributed by atoms with E-state index in [1.165, 1.54) is 0 Å². The lowest BCUT2D eigenvalue weighted by Gasteiger charge is -2.10. The predicted octanol–water partition coefficient (Wildman–Crippen LogP) is 3.10. The van der Waals surface area contributed by atoms with E-state index in [1.54, 1.807) is 12.1 Å². The zero-order valence-electron chi connectivity index (χ0n) is 14.2. The average molecular weight is 325 g/mol. The number of aryl methyl sites for hydroxylation is 1. The molecule has 0 unspecified atom stereocenters. The summed E-state index contributed by atoms with van der Waals surface area (Å²) >= 11 is 0. The van der Waals surface area contributed by atoms with Crippen molar-refractivity contribution in [2.75, 3.05) is 11.1 Å². The van der Waals surface area contributed by atoms with E-state index in [4.69, 9.17) is 5.73 Å². The van der Waals surface area contributed by atoms with E-state index in [0.29, 0.717) is 17.8 Å². The molecule has 4 N–H and O–H groups in total. The van der Waals surface area contributed by atoms with Crippen molar-refractivity contribution >= 4 is 23.2 Å². The largest absolute Gasteiger partial charge is 0.399 e. The van der Waals surface area contributed by atoms with Gasteiger partial charge in [-0.1, -0.05) is 32.0 Å². The lowest BCUT2D eigenvalue weighted by atomic mass is 10.1. The molecule has 2 rings (SSSR count). The molecule has 0 bridgehead atoms. The van der Waals surface area contributed by atoms with E-state index >= 15 is 0 Å². The van der Waals surface area contributed by atoms with E-state index in [1.807, 2.05) is 51.1 Å². The van der Waals surface area contributed by atoms with Crippen LogP contribution in [0.1, 0.15) is 35.3 Å². The highest BCUT2D eigenvalue weighted by atomic mass is 16.2. The Balaban J connectivity index is 1.96. The molecule has 5 heteroatoms. The summed E-state index contributed by atoms with van der Waals surface area (Å²) < 4.78 is 0. The molecule has 0 saturated carbocycles. The Morgan fingerprint density at radius 1 is 1.08 bits per heavy atom. The number of rotatable bonds is 5. The quantitative estimate of drug-likeness (QED) is 0.739. The lowest BCUT2D eigenvalue weighted by molar-refractivity contribution is -0.118. The Morgan fingerprint density at radius 3 is 2.38 bits per heavy atom. The highest BCUT2D eigenvalue weighted by Gasteiger charge is 2.10. The Hall–Kier alpha value is -2.82. The minimum Gasteiger partial charge on any atom is -0.399 e. The van der Waals surface area contributed by atoms with Crippen molar-refractivity contribution in [1.29, 1.82) is 0 Å². The van der Waals surface area contributed by atoms with Gasteiger partial charge in [0.05, 0.1) is 0 Å². The molecule has 2 aromatic carbocycles. The summed E-state index contributed by atoms with van der Waals surface area (Å²) in [5, 5.41) is 5.71. The molecule has 2 amide bonds. The molecule has 0 aromatic heterocycles. The molecular weight excluding hydrogens is 302 g/mol. The number of benzene rings is 2. The van der Waals surface area contributed by atoms with Crippen molar-refractivity contribution < 1.29 is 9.59 Å². The van der Waals surface area contributed by atoms with Crippen LogP contribution in [0.3, 0.4) is 0 Å². The van der Waals surface area contributed by atoms with Gasteiger partial charge in [0.1, 0.15) is 0 Å². The second-order valence-electron chi connectivity index (χ2n) is 6.10. The fraction of sp³-hybridized carbons (Fsp3) is 0.263. The number of nitrogen functional groups attached to an aromatic ring is 1. The van der Waals surface area contributed by atoms with Crippen LogP contribution in [0, 0.1) is 12.8 Å². The zero-order chi connectivity index (χ0) is 17.7. The normalized spacial score (nSPS) is 10.5. The minimum atomic E-state index is -0.156. The molecule has 0 spiro atoms. The number of amides is 2. The molecule has 0 aliphatic carbocycles. The zero-order valence-corrected chi connectivity index (χ0v) is 14.2. The van der Waals surface area contributed by atoms with Gasteiger partial charge < -0.3 is 16.4 Å². The molecule has 0 aliphatic heterocycles. The summed E-state index contributed by atoms with van der Waals surface area (Å²) in [4.78, 5) is 23.9. The van der Waals surface area contributed by atoms with Crippen molar-refractivity contribution in [1.82, 2.24) is 5.32 Å². The van der Waals surface area contributed by atoms with E-state index < -0.39 is 0 Å². The maximum Gasteiger partial charge on any atom is 0.251 e. The molecule has 126 valence electrons. The standard InChI is InChI=1S/C19H23N3O2/c1-12(2)18(23)22-16-8-5-14(6-9-16)11-21-19(24)17-10-15(20)7-4-13(17)3/h4-10,12H,11,20H2,1-3H3,(H,21,24)(H,22,23). The van der Waals surface area contributed by atoms with Crippen LogP contribution < -0.4 is 16.4 Å². The number of carbonyl (C=O) groups excluding carboxylic acids is 2. The maximum absolute atomic E-state index is 12.3. The summed E-state index contributed by atoms with van der Waals surface area (Å²) in [5.41, 5.74) is 9.46. The smallest absolute Gasteiger partial charge is 0.251 e. The Kier molecular flexibility index (Phi) is 5.58. The maximum atomic E-state index is 12.3. The lowest BCUT2D eigenvalue weighted by Crippen LogP contribution is -2.23. The molecule has 0 fully saturated rings. The van der Waals surface area contributed by atoms with Crippen molar-refractivity contribution in [2.24, 2.45) is 5.92 Å². The Morgan fingerprint density at radius 2 is 1.75 bits per heavy atom. The van der Waals surface area contributed by atoms with Crippen LogP contribution in [0.25, 0.3) is 0 Å². The van der Waals surface area contributed by atoms with Crippen LogP contribution in [-0.4, -0.2) is 11.8 Å². The third-order valence-electron chi connectivity index (χ3n) is 3.71. The molecular formula is C19H23N3O2. The number of nitrogens with one attached hydrogen (secondary N) is 2. The summed E-state index contributed by atoms with van der Waals surface area (Å²) in [6.45, 7) is 5.97. The van der Waals surface area contributed by atoms with Gasteiger partial charge in [0.2, 0.25) is 5.91 Å². The molecule has 0 heterocycles. The van der Waals surface area contributed by atoms with Crippen molar-refractivity contribution in [2.45, 2.75) is 27.3 Å². The number of hydrogen-bond donors (Lipinski definition) is 3. The van der Waals surface area contributed by atoms with E-state index in [2.05, 4.69) is 10.6 Å². The topological polar surface area (TPSA) is 84.2 Å². The highest BCUT2D eigenvalue weighted by molar-refractivity contribution is 5.96. The molecule has 0 aliphatic rings. The molecule has 5 nitrogen and oxygen atoms in total.